The van der Waals surface area contributed by atoms with E-state index in [-0.39, 0.29) is 5.17 Å². The van der Waals surface area contributed by atoms with Crippen LogP contribution in [-0.2, 0) is 4.84 Å². The minimum atomic E-state index is -0.689. The summed E-state index contributed by atoms with van der Waals surface area (Å²) in [6.07, 6.45) is -0.178. The van der Waals surface area contributed by atoms with Crippen LogP contribution in [0.15, 0.2) is 23.4 Å². The van der Waals surface area contributed by atoms with Gasteiger partial charge in [0.05, 0.1) is 7.11 Å². The lowest BCUT2D eigenvalue weighted by molar-refractivity contribution is 0.166. The van der Waals surface area contributed by atoms with E-state index in [1.54, 1.807) is 32.2 Å². The first-order chi connectivity index (χ1) is 8.56. The summed E-state index contributed by atoms with van der Waals surface area (Å²) in [5.41, 5.74) is 1.51. The highest BCUT2D eigenvalue weighted by atomic mass is 35.5. The summed E-state index contributed by atoms with van der Waals surface area (Å²) in [5, 5.41) is 6.20. The van der Waals surface area contributed by atoms with Crippen molar-refractivity contribution < 1.29 is 14.4 Å². The molecule has 0 fully saturated rings. The molecule has 0 saturated heterocycles. The highest BCUT2D eigenvalue weighted by Crippen LogP contribution is 2.21. The molecule has 5 nitrogen and oxygen atoms in total. The van der Waals surface area contributed by atoms with Crippen LogP contribution in [-0.4, -0.2) is 18.4 Å². The lowest BCUT2D eigenvalue weighted by atomic mass is 10.2. The summed E-state index contributed by atoms with van der Waals surface area (Å²) in [6.45, 7) is 3.68. The fourth-order valence-electron chi connectivity index (χ4n) is 1.25. The molecule has 0 spiro atoms. The van der Waals surface area contributed by atoms with Crippen molar-refractivity contribution in [3.63, 3.8) is 0 Å². The molecule has 0 atom stereocenters. The highest BCUT2D eigenvalue weighted by Gasteiger charge is 2.05. The Bertz CT molecular complexity index is 461. The van der Waals surface area contributed by atoms with Crippen LogP contribution in [0.4, 0.5) is 10.5 Å². The number of methoxy groups -OCH3 is 1. The van der Waals surface area contributed by atoms with Crippen LogP contribution in [0.3, 0.4) is 0 Å². The number of carbonyl (C=O) groups is 1. The minimum Gasteiger partial charge on any atom is -0.496 e. The lowest BCUT2D eigenvalue weighted by Crippen LogP contribution is -2.11. The molecule has 0 heterocycles. The number of oxime groups is 1. The number of aryl methyl sites for hydroxylation is 1. The van der Waals surface area contributed by atoms with E-state index in [0.717, 1.165) is 11.3 Å². The summed E-state index contributed by atoms with van der Waals surface area (Å²) < 4.78 is 5.12. The number of hydrogen-bond donors (Lipinski definition) is 1. The van der Waals surface area contributed by atoms with Crippen LogP contribution < -0.4 is 10.1 Å². The molecule has 0 saturated carbocycles. The number of nitrogens with one attached hydrogen (secondary N) is 1. The highest BCUT2D eigenvalue weighted by molar-refractivity contribution is 6.65. The number of ether oxygens (including phenoxy) is 1. The topological polar surface area (TPSA) is 59.9 Å². The molecular weight excluding hydrogens is 256 g/mol. The average Bonchev–Trinajstić information content (AvgIpc) is 2.36. The maximum absolute atomic E-state index is 11.4. The average molecular weight is 271 g/mol. The van der Waals surface area contributed by atoms with Crippen LogP contribution in [0.5, 0.6) is 5.75 Å². The number of halogens is 1. The van der Waals surface area contributed by atoms with Gasteiger partial charge in [-0.2, -0.15) is 0 Å². The SMILES string of the molecule is CC/C(Cl)=N/OC(=O)Nc1ccc(OC)c(C)c1. The molecule has 1 N–H and O–H groups in total. The first kappa shape index (κ1) is 14.3. The maximum Gasteiger partial charge on any atom is 0.437 e. The summed E-state index contributed by atoms with van der Waals surface area (Å²) in [5.74, 6) is 0.751. The first-order valence-electron chi connectivity index (χ1n) is 5.41. The molecule has 0 aliphatic carbocycles. The number of anilines is 1. The molecular formula is C12H15ClN2O3. The van der Waals surface area contributed by atoms with Gasteiger partial charge in [-0.15, -0.1) is 0 Å². The van der Waals surface area contributed by atoms with Crippen molar-refractivity contribution in [2.75, 3.05) is 12.4 Å². The summed E-state index contributed by atoms with van der Waals surface area (Å²) in [6, 6.07) is 5.23. The first-order valence-corrected chi connectivity index (χ1v) is 5.79. The van der Waals surface area contributed by atoms with Crippen LogP contribution >= 0.6 is 11.6 Å². The second kappa shape index (κ2) is 6.86. The molecule has 0 bridgehead atoms. The van der Waals surface area contributed by atoms with Crippen LogP contribution in [0, 0.1) is 6.92 Å². The zero-order valence-corrected chi connectivity index (χ0v) is 11.2. The monoisotopic (exact) mass is 270 g/mol. The van der Waals surface area contributed by atoms with E-state index in [9.17, 15) is 4.79 Å². The fourth-order valence-corrected chi connectivity index (χ4v) is 1.29. The number of carbonyl (C=O) groups excluding carboxylic acids is 1. The Morgan fingerprint density at radius 3 is 2.78 bits per heavy atom. The van der Waals surface area contributed by atoms with E-state index in [0.29, 0.717) is 12.1 Å². The van der Waals surface area contributed by atoms with Crippen molar-refractivity contribution in [2.45, 2.75) is 20.3 Å². The molecule has 98 valence electrons. The Kier molecular flexibility index (Phi) is 5.45. The van der Waals surface area contributed by atoms with Crippen LogP contribution in [0.25, 0.3) is 0 Å². The van der Waals surface area contributed by atoms with Gasteiger partial charge in [-0.1, -0.05) is 23.7 Å². The normalized spacial score (nSPS) is 11.0. The lowest BCUT2D eigenvalue weighted by Gasteiger charge is -2.07. The van der Waals surface area contributed by atoms with Crippen molar-refractivity contribution in [3.05, 3.63) is 23.8 Å². The van der Waals surface area contributed by atoms with Gasteiger partial charge in [-0.25, -0.2) is 4.79 Å². The molecule has 0 aliphatic rings. The Hall–Kier alpha value is -1.75. The molecule has 1 aromatic rings. The van der Waals surface area contributed by atoms with Crippen molar-refractivity contribution >= 4 is 28.6 Å². The van der Waals surface area contributed by atoms with Gasteiger partial charge in [0.1, 0.15) is 10.9 Å². The summed E-state index contributed by atoms with van der Waals surface area (Å²) >= 11 is 5.61. The van der Waals surface area contributed by atoms with Gasteiger partial charge in [-0.3, -0.25) is 10.2 Å². The van der Waals surface area contributed by atoms with Crippen LogP contribution in [0.1, 0.15) is 18.9 Å². The largest absolute Gasteiger partial charge is 0.496 e. The van der Waals surface area contributed by atoms with Gasteiger partial charge in [0.25, 0.3) is 0 Å². The Morgan fingerprint density at radius 2 is 2.22 bits per heavy atom. The van der Waals surface area contributed by atoms with Crippen molar-refractivity contribution in [1.29, 1.82) is 0 Å². The summed E-state index contributed by atoms with van der Waals surface area (Å²) in [4.78, 5) is 15.9. The second-order valence-corrected chi connectivity index (χ2v) is 3.95. The van der Waals surface area contributed by atoms with E-state index in [4.69, 9.17) is 16.3 Å². The van der Waals surface area contributed by atoms with Gasteiger partial charge < -0.3 is 4.74 Å². The molecule has 0 unspecified atom stereocenters. The van der Waals surface area contributed by atoms with E-state index in [1.807, 2.05) is 6.92 Å². The molecule has 6 heteroatoms. The molecule has 0 aliphatic heterocycles. The number of benzene rings is 1. The third kappa shape index (κ3) is 4.25. The zero-order valence-electron chi connectivity index (χ0n) is 10.5. The molecule has 1 rings (SSSR count). The minimum absolute atomic E-state index is 0.232. The van der Waals surface area contributed by atoms with E-state index >= 15 is 0 Å². The number of rotatable bonds is 4. The van der Waals surface area contributed by atoms with E-state index < -0.39 is 6.09 Å². The van der Waals surface area contributed by atoms with Gasteiger partial charge in [0, 0.05) is 12.1 Å². The summed E-state index contributed by atoms with van der Waals surface area (Å²) in [7, 11) is 1.59. The Morgan fingerprint density at radius 1 is 1.50 bits per heavy atom. The predicted molar refractivity (Wildman–Crippen MR) is 71.4 cm³/mol. The molecule has 1 aromatic carbocycles. The molecule has 18 heavy (non-hydrogen) atoms. The third-order valence-corrected chi connectivity index (χ3v) is 2.50. The van der Waals surface area contributed by atoms with Gasteiger partial charge >= 0.3 is 6.09 Å². The van der Waals surface area contributed by atoms with Gasteiger partial charge in [0.2, 0.25) is 0 Å². The van der Waals surface area contributed by atoms with Gasteiger partial charge in [-0.05, 0) is 30.7 Å². The van der Waals surface area contributed by atoms with Crippen molar-refractivity contribution in [3.8, 4) is 5.75 Å². The number of amides is 1. The van der Waals surface area contributed by atoms with E-state index in [2.05, 4.69) is 15.3 Å². The van der Waals surface area contributed by atoms with Gasteiger partial charge in [0.15, 0.2) is 0 Å². The number of hydrogen-bond acceptors (Lipinski definition) is 4. The standard InChI is InChI=1S/C12H15ClN2O3/c1-4-11(13)15-18-12(16)14-9-5-6-10(17-3)8(2)7-9/h5-7H,4H2,1-3H3,(H,14,16)/b15-11-. The zero-order chi connectivity index (χ0) is 13.5. The molecule has 0 radical (unpaired) electrons. The number of nitrogens with zero attached hydrogens (tertiary/aromatic N) is 1. The molecule has 0 aromatic heterocycles. The van der Waals surface area contributed by atoms with Crippen LogP contribution in [0.2, 0.25) is 0 Å². The van der Waals surface area contributed by atoms with E-state index in [1.165, 1.54) is 0 Å². The predicted octanol–water partition coefficient (Wildman–Crippen LogP) is 3.51. The quantitative estimate of drug-likeness (QED) is 0.517. The second-order valence-electron chi connectivity index (χ2n) is 3.51. The van der Waals surface area contributed by atoms with Crippen molar-refractivity contribution in [1.82, 2.24) is 0 Å². The maximum atomic E-state index is 11.4. The Labute approximate surface area is 111 Å². The third-order valence-electron chi connectivity index (χ3n) is 2.16. The molecule has 1 amide bonds. The fraction of sp³-hybridized carbons (Fsp3) is 0.333. The van der Waals surface area contributed by atoms with Crippen molar-refractivity contribution in [2.24, 2.45) is 5.16 Å². The Balaban J connectivity index is 2.62. The smallest absolute Gasteiger partial charge is 0.437 e.